The first kappa shape index (κ1) is 28.0. The van der Waals surface area contributed by atoms with Gasteiger partial charge in [-0.1, -0.05) is 50.0 Å². The minimum Gasteiger partial charge on any atom is -0.465 e. The SMILES string of the molecule is COC(=O)c1cc2nc(C3CCC(COCc4ccccc4)CC3)n(COCC[Si](C)(C)C)c2cc1Br. The molecule has 0 bridgehead atoms. The van der Waals surface area contributed by atoms with Crippen LogP contribution in [-0.4, -0.2) is 43.9 Å². The van der Waals surface area contributed by atoms with Crippen LogP contribution < -0.4 is 0 Å². The van der Waals surface area contributed by atoms with E-state index in [1.165, 1.54) is 12.7 Å². The number of ether oxygens (including phenoxy) is 3. The first-order valence-electron chi connectivity index (χ1n) is 13.2. The summed E-state index contributed by atoms with van der Waals surface area (Å²) in [7, 11) is 0.227. The molecule has 1 aromatic heterocycles. The number of carbonyl (C=O) groups excluding carboxylic acids is 1. The Labute approximate surface area is 229 Å². The summed E-state index contributed by atoms with van der Waals surface area (Å²) in [4.78, 5) is 17.3. The van der Waals surface area contributed by atoms with Gasteiger partial charge in [-0.15, -0.1) is 0 Å². The van der Waals surface area contributed by atoms with Gasteiger partial charge >= 0.3 is 5.97 Å². The number of benzene rings is 2. The van der Waals surface area contributed by atoms with E-state index < -0.39 is 8.07 Å². The number of fused-ring (bicyclic) bond motifs is 1. The highest BCUT2D eigenvalue weighted by molar-refractivity contribution is 9.10. The molecule has 0 atom stereocenters. The molecule has 0 spiro atoms. The van der Waals surface area contributed by atoms with Gasteiger partial charge in [-0.2, -0.15) is 0 Å². The number of methoxy groups -OCH3 is 1. The Kier molecular flexibility index (Phi) is 9.61. The van der Waals surface area contributed by atoms with Crippen molar-refractivity contribution in [1.29, 1.82) is 0 Å². The predicted octanol–water partition coefficient (Wildman–Crippen LogP) is 7.39. The van der Waals surface area contributed by atoms with Crippen LogP contribution in [0.3, 0.4) is 0 Å². The van der Waals surface area contributed by atoms with Crippen LogP contribution in [0.1, 0.15) is 53.3 Å². The summed E-state index contributed by atoms with van der Waals surface area (Å²) >= 11 is 3.56. The van der Waals surface area contributed by atoms with Crippen molar-refractivity contribution < 1.29 is 19.0 Å². The average Bonchev–Trinajstić information content (AvgIpc) is 3.23. The molecule has 3 aromatic rings. The normalized spacial score (nSPS) is 18.3. The summed E-state index contributed by atoms with van der Waals surface area (Å²) in [6.45, 7) is 9.78. The molecule has 2 aromatic carbocycles. The van der Waals surface area contributed by atoms with Crippen LogP contribution in [0.25, 0.3) is 11.0 Å². The number of halogens is 1. The van der Waals surface area contributed by atoms with Gasteiger partial charge in [-0.3, -0.25) is 0 Å². The highest BCUT2D eigenvalue weighted by Crippen LogP contribution is 2.38. The van der Waals surface area contributed by atoms with Crippen LogP contribution in [0.4, 0.5) is 0 Å². The lowest BCUT2D eigenvalue weighted by Crippen LogP contribution is -2.23. The number of aromatic nitrogens is 2. The van der Waals surface area contributed by atoms with Crippen molar-refractivity contribution in [2.45, 2.75) is 70.6 Å². The highest BCUT2D eigenvalue weighted by Gasteiger charge is 2.28. The third-order valence-electron chi connectivity index (χ3n) is 7.17. The Hall–Kier alpha value is -2.00. The number of nitrogens with zero attached hydrogens (tertiary/aromatic N) is 2. The van der Waals surface area contributed by atoms with E-state index in [1.54, 1.807) is 0 Å². The van der Waals surface area contributed by atoms with Crippen LogP contribution >= 0.6 is 15.9 Å². The molecule has 200 valence electrons. The number of imidazole rings is 1. The van der Waals surface area contributed by atoms with E-state index in [2.05, 4.69) is 64.4 Å². The molecule has 1 aliphatic rings. The molecule has 37 heavy (non-hydrogen) atoms. The van der Waals surface area contributed by atoms with Crippen LogP contribution in [0.2, 0.25) is 25.7 Å². The quantitative estimate of drug-likeness (QED) is 0.133. The molecule has 8 heteroatoms. The third kappa shape index (κ3) is 7.53. The lowest BCUT2D eigenvalue weighted by molar-refractivity contribution is 0.0600. The van der Waals surface area contributed by atoms with Crippen LogP contribution in [0.15, 0.2) is 46.9 Å². The molecule has 0 N–H and O–H groups in total. The number of rotatable bonds is 11. The molecule has 6 nitrogen and oxygen atoms in total. The second-order valence-corrected chi connectivity index (χ2v) is 17.8. The summed E-state index contributed by atoms with van der Waals surface area (Å²) in [5.41, 5.74) is 3.50. The summed E-state index contributed by atoms with van der Waals surface area (Å²) < 4.78 is 20.1. The van der Waals surface area contributed by atoms with Gasteiger partial charge in [0.2, 0.25) is 0 Å². The number of hydrogen-bond donors (Lipinski definition) is 0. The minimum absolute atomic E-state index is 0.360. The zero-order valence-electron chi connectivity index (χ0n) is 22.5. The van der Waals surface area contributed by atoms with Crippen molar-refractivity contribution in [2.24, 2.45) is 5.92 Å². The van der Waals surface area contributed by atoms with E-state index in [1.807, 2.05) is 18.2 Å². The van der Waals surface area contributed by atoms with Crippen molar-refractivity contribution in [3.8, 4) is 0 Å². The molecular formula is C29H39BrN2O4Si. The van der Waals surface area contributed by atoms with E-state index in [0.717, 1.165) is 61.8 Å². The molecule has 0 radical (unpaired) electrons. The lowest BCUT2D eigenvalue weighted by atomic mass is 9.82. The summed E-state index contributed by atoms with van der Waals surface area (Å²) in [6, 6.07) is 15.3. The van der Waals surface area contributed by atoms with Crippen LogP contribution in [0, 0.1) is 5.92 Å². The Bertz CT molecular complexity index is 1180. The molecule has 1 aliphatic carbocycles. The highest BCUT2D eigenvalue weighted by atomic mass is 79.9. The Morgan fingerprint density at radius 3 is 2.49 bits per heavy atom. The fourth-order valence-electron chi connectivity index (χ4n) is 4.92. The summed E-state index contributed by atoms with van der Waals surface area (Å²) in [5, 5.41) is 0. The van der Waals surface area contributed by atoms with Crippen LogP contribution in [0.5, 0.6) is 0 Å². The average molecular weight is 588 g/mol. The molecule has 0 unspecified atom stereocenters. The van der Waals surface area contributed by atoms with Gasteiger partial charge in [0.25, 0.3) is 0 Å². The smallest absolute Gasteiger partial charge is 0.339 e. The first-order valence-corrected chi connectivity index (χ1v) is 17.7. The second kappa shape index (κ2) is 12.7. The van der Waals surface area contributed by atoms with Gasteiger partial charge in [0.05, 0.1) is 30.3 Å². The summed E-state index contributed by atoms with van der Waals surface area (Å²) in [5.74, 6) is 1.62. The van der Waals surface area contributed by atoms with Gasteiger partial charge in [0, 0.05) is 31.7 Å². The molecule has 4 rings (SSSR count). The zero-order chi connectivity index (χ0) is 26.4. The minimum atomic E-state index is -1.17. The first-order chi connectivity index (χ1) is 17.7. The number of carbonyl (C=O) groups is 1. The van der Waals surface area contributed by atoms with Gasteiger partial charge in [-0.25, -0.2) is 9.78 Å². The van der Waals surface area contributed by atoms with E-state index in [9.17, 15) is 4.79 Å². The van der Waals surface area contributed by atoms with Crippen molar-refractivity contribution in [3.63, 3.8) is 0 Å². The van der Waals surface area contributed by atoms with Gasteiger partial charge < -0.3 is 18.8 Å². The predicted molar refractivity (Wildman–Crippen MR) is 154 cm³/mol. The molecule has 1 fully saturated rings. The third-order valence-corrected chi connectivity index (χ3v) is 9.53. The molecular weight excluding hydrogens is 548 g/mol. The number of esters is 1. The zero-order valence-corrected chi connectivity index (χ0v) is 25.1. The van der Waals surface area contributed by atoms with E-state index in [0.29, 0.717) is 35.2 Å². The van der Waals surface area contributed by atoms with Gasteiger partial charge in [0.1, 0.15) is 12.6 Å². The van der Waals surface area contributed by atoms with E-state index in [4.69, 9.17) is 19.2 Å². The Morgan fingerprint density at radius 2 is 1.81 bits per heavy atom. The largest absolute Gasteiger partial charge is 0.465 e. The molecule has 1 saturated carbocycles. The fraction of sp³-hybridized carbons (Fsp3) is 0.517. The fourth-order valence-corrected chi connectivity index (χ4v) is 6.17. The molecule has 0 saturated heterocycles. The monoisotopic (exact) mass is 586 g/mol. The van der Waals surface area contributed by atoms with Gasteiger partial charge in [-0.05, 0) is 71.3 Å². The topological polar surface area (TPSA) is 62.6 Å². The number of hydrogen-bond acceptors (Lipinski definition) is 5. The standard InChI is InChI=1S/C29H39BrN2O4Si/c1-34-29(33)24-16-26-27(17-25(24)30)32(20-35-14-15-37(2,3)4)28(31-26)23-12-10-22(11-13-23)19-36-18-21-8-6-5-7-9-21/h5-9,16-17,22-23H,10-15,18-20H2,1-4H3. The van der Waals surface area contributed by atoms with Gasteiger partial charge in [0.15, 0.2) is 0 Å². The van der Waals surface area contributed by atoms with Crippen molar-refractivity contribution in [3.05, 3.63) is 63.9 Å². The maximum Gasteiger partial charge on any atom is 0.339 e. The van der Waals surface area contributed by atoms with Crippen molar-refractivity contribution >= 4 is 41.0 Å². The Morgan fingerprint density at radius 1 is 1.08 bits per heavy atom. The van der Waals surface area contributed by atoms with E-state index in [-0.39, 0.29) is 5.97 Å². The molecule has 1 heterocycles. The van der Waals surface area contributed by atoms with Crippen LogP contribution in [-0.2, 0) is 27.5 Å². The second-order valence-electron chi connectivity index (χ2n) is 11.3. The summed E-state index contributed by atoms with van der Waals surface area (Å²) in [6.07, 6.45) is 4.39. The Balaban J connectivity index is 1.46. The lowest BCUT2D eigenvalue weighted by Gasteiger charge is -2.28. The van der Waals surface area contributed by atoms with Crippen molar-refractivity contribution in [1.82, 2.24) is 9.55 Å². The maximum atomic E-state index is 12.3. The van der Waals surface area contributed by atoms with E-state index >= 15 is 0 Å². The molecule has 0 amide bonds. The molecule has 0 aliphatic heterocycles. The van der Waals surface area contributed by atoms with Crippen molar-refractivity contribution in [2.75, 3.05) is 20.3 Å². The maximum absolute atomic E-state index is 12.3.